The van der Waals surface area contributed by atoms with Crippen LogP contribution < -0.4 is 0 Å². The number of carbonyl (C=O) groups is 2. The van der Waals surface area contributed by atoms with Crippen LogP contribution in [-0.2, 0) is 35.3 Å². The van der Waals surface area contributed by atoms with Crippen LogP contribution in [0.2, 0.25) is 0 Å². The molecule has 4 fully saturated rings. The van der Waals surface area contributed by atoms with Gasteiger partial charge in [0.1, 0.15) is 11.6 Å². The molecule has 2 aliphatic heterocycles. The molecule has 4 aliphatic rings. The van der Waals surface area contributed by atoms with Gasteiger partial charge < -0.3 is 28.8 Å². The van der Waals surface area contributed by atoms with Gasteiger partial charge in [-0.3, -0.25) is 9.59 Å². The minimum atomic E-state index is -2.53. The normalized spacial score (nSPS) is 20.0. The van der Waals surface area contributed by atoms with E-state index in [4.69, 9.17) is 14.7 Å². The van der Waals surface area contributed by atoms with Crippen LogP contribution in [0, 0.1) is 11.8 Å². The van der Waals surface area contributed by atoms with Crippen LogP contribution in [0.5, 0.6) is 0 Å². The lowest BCUT2D eigenvalue weighted by molar-refractivity contribution is -0.0478. The van der Waals surface area contributed by atoms with Crippen molar-refractivity contribution in [3.05, 3.63) is 95.1 Å². The van der Waals surface area contributed by atoms with Gasteiger partial charge in [-0.05, 0) is 105 Å². The summed E-state index contributed by atoms with van der Waals surface area (Å²) in [6, 6.07) is 21.6. The van der Waals surface area contributed by atoms with Crippen LogP contribution in [-0.4, -0.2) is 96.1 Å². The number of rotatable bonds is 9. The molecule has 374 valence electrons. The van der Waals surface area contributed by atoms with Gasteiger partial charge in [0.05, 0.1) is 40.9 Å². The smallest absolute Gasteiger partial charge is 0.253 e. The van der Waals surface area contributed by atoms with E-state index in [9.17, 15) is 32.3 Å². The molecule has 2 amide bonds. The zero-order valence-electron chi connectivity index (χ0n) is 41.5. The van der Waals surface area contributed by atoms with Gasteiger partial charge in [0.2, 0.25) is 11.8 Å². The lowest BCUT2D eigenvalue weighted by atomic mass is 9.86. The Kier molecular flexibility index (Phi) is 15.0. The summed E-state index contributed by atoms with van der Waals surface area (Å²) in [6.45, 7) is 17.1. The number of alkyl halides is 4. The highest BCUT2D eigenvalue weighted by Gasteiger charge is 2.38. The number of fused-ring (bicyclic) bond motifs is 2. The average molecular weight is 957 g/mol. The number of aliphatic hydroxyl groups is 1. The Morgan fingerprint density at radius 1 is 0.609 bits per heavy atom. The van der Waals surface area contributed by atoms with E-state index in [1.165, 1.54) is 0 Å². The zero-order chi connectivity index (χ0) is 49.3. The molecule has 14 heteroatoms. The number of piperidine rings is 2. The molecule has 0 spiro atoms. The first-order valence-corrected chi connectivity index (χ1v) is 25.3. The number of carbonyl (C=O) groups excluding carboxylic acids is 2. The summed E-state index contributed by atoms with van der Waals surface area (Å²) in [5.41, 5.74) is 5.49. The molecule has 10 nitrogen and oxygen atoms in total. The lowest BCUT2D eigenvalue weighted by Crippen LogP contribution is -2.40. The highest BCUT2D eigenvalue weighted by Crippen LogP contribution is 2.40. The molecule has 4 heterocycles. The summed E-state index contributed by atoms with van der Waals surface area (Å²) in [4.78, 5) is 39.9. The van der Waals surface area contributed by atoms with Crippen LogP contribution in [0.3, 0.4) is 0 Å². The van der Waals surface area contributed by atoms with Gasteiger partial charge in [-0.15, -0.1) is 0 Å². The maximum atomic E-state index is 13.7. The Hall–Kier alpha value is -4.82. The third-order valence-corrected chi connectivity index (χ3v) is 14.7. The van der Waals surface area contributed by atoms with Gasteiger partial charge >= 0.3 is 0 Å². The molecule has 69 heavy (non-hydrogen) atoms. The number of hydrogen-bond donors (Lipinski definition) is 1. The fraction of sp³-hybridized carbons (Fsp3) is 0.600. The minimum Gasteiger partial charge on any atom is -0.393 e. The van der Waals surface area contributed by atoms with E-state index in [-0.39, 0.29) is 72.4 Å². The number of likely N-dealkylation sites (tertiary alicyclic amines) is 2. The third-order valence-electron chi connectivity index (χ3n) is 14.7. The summed E-state index contributed by atoms with van der Waals surface area (Å²) in [5, 5.41) is 9.70. The molecule has 2 aliphatic carbocycles. The van der Waals surface area contributed by atoms with Gasteiger partial charge in [-0.2, -0.15) is 0 Å². The summed E-state index contributed by atoms with van der Waals surface area (Å²) < 4.78 is 65.1. The minimum absolute atomic E-state index is 0.0229. The van der Waals surface area contributed by atoms with Crippen molar-refractivity contribution in [2.75, 3.05) is 26.2 Å². The van der Waals surface area contributed by atoms with Crippen molar-refractivity contribution in [2.24, 2.45) is 11.8 Å². The van der Waals surface area contributed by atoms with Crippen molar-refractivity contribution < 1.29 is 37.0 Å². The Bertz CT molecular complexity index is 2540. The SMILES string of the molecule is CC(C)(C)c1nc2cc(C(=O)N3CCC(O)CC3)ccc2n1CC1CCC(F)(F)CC1.CC(C)(C)c1nc2cc(C(=O)N3CCC(OCc4ccccc4)CC3)ccc2n1CC1CCC(F)(F)CC1. The molecule has 0 bridgehead atoms. The molecule has 0 atom stereocenters. The van der Waals surface area contributed by atoms with Crippen molar-refractivity contribution in [1.29, 1.82) is 0 Å². The second kappa shape index (κ2) is 20.5. The number of benzene rings is 3. The van der Waals surface area contributed by atoms with Gasteiger partial charge in [0.25, 0.3) is 11.8 Å². The van der Waals surface area contributed by atoms with E-state index in [2.05, 4.69) is 62.8 Å². The van der Waals surface area contributed by atoms with Gasteiger partial charge in [-0.1, -0.05) is 71.9 Å². The number of halogens is 4. The number of hydrogen-bond acceptors (Lipinski definition) is 6. The van der Waals surface area contributed by atoms with Crippen molar-refractivity contribution in [3.63, 3.8) is 0 Å². The van der Waals surface area contributed by atoms with Crippen molar-refractivity contribution in [3.8, 4) is 0 Å². The van der Waals surface area contributed by atoms with Crippen LogP contribution in [0.1, 0.15) is 157 Å². The van der Waals surface area contributed by atoms with E-state index in [1.807, 2.05) is 59.5 Å². The molecule has 9 rings (SSSR count). The van der Waals surface area contributed by atoms with Gasteiger partial charge in [-0.25, -0.2) is 27.5 Å². The fourth-order valence-corrected chi connectivity index (χ4v) is 10.6. The van der Waals surface area contributed by atoms with Gasteiger partial charge in [0, 0.05) is 86.9 Å². The highest BCUT2D eigenvalue weighted by atomic mass is 19.3. The molecule has 0 unspecified atom stereocenters. The molecule has 1 N–H and O–H groups in total. The largest absolute Gasteiger partial charge is 0.393 e. The second-order valence-electron chi connectivity index (χ2n) is 22.4. The number of aliphatic hydroxyl groups excluding tert-OH is 1. The number of aromatic nitrogens is 4. The summed E-state index contributed by atoms with van der Waals surface area (Å²) in [6.07, 6.45) is 4.63. The van der Waals surface area contributed by atoms with E-state index in [1.54, 1.807) is 4.90 Å². The van der Waals surface area contributed by atoms with E-state index >= 15 is 0 Å². The lowest BCUT2D eigenvalue weighted by Gasteiger charge is -2.32. The Morgan fingerprint density at radius 3 is 1.42 bits per heavy atom. The summed E-state index contributed by atoms with van der Waals surface area (Å²) in [7, 11) is 0. The third kappa shape index (κ3) is 12.4. The fourth-order valence-electron chi connectivity index (χ4n) is 10.6. The predicted octanol–water partition coefficient (Wildman–Crippen LogP) is 11.7. The first-order valence-electron chi connectivity index (χ1n) is 25.3. The molecule has 2 saturated carbocycles. The second-order valence-corrected chi connectivity index (χ2v) is 22.4. The topological polar surface area (TPSA) is 106 Å². The quantitative estimate of drug-likeness (QED) is 0.148. The van der Waals surface area contributed by atoms with Crippen molar-refractivity contribution in [1.82, 2.24) is 28.9 Å². The molecule has 5 aromatic rings. The highest BCUT2D eigenvalue weighted by molar-refractivity contribution is 5.98. The van der Waals surface area contributed by atoms with Crippen LogP contribution in [0.15, 0.2) is 66.7 Å². The monoisotopic (exact) mass is 957 g/mol. The molecule has 2 aromatic heterocycles. The predicted molar refractivity (Wildman–Crippen MR) is 262 cm³/mol. The molecule has 2 saturated heterocycles. The van der Waals surface area contributed by atoms with E-state index in [0.29, 0.717) is 95.5 Å². The van der Waals surface area contributed by atoms with Gasteiger partial charge in [0.15, 0.2) is 0 Å². The number of imidazole rings is 2. The van der Waals surface area contributed by atoms with Crippen LogP contribution >= 0.6 is 0 Å². The standard InChI is InChI=1S/C31H39F2N3O2.C24H33F2N3O2/c1-30(2,3)29-34-26-19-24(9-10-27(26)36(29)20-22-11-15-31(32,33)16-12-22)28(37)35-17-13-25(14-18-35)38-21-23-7-5-4-6-8-23;1-23(2,3)22-27-19-14-17(21(31)28-12-8-18(30)9-13-28)4-5-20(19)29(22)15-16-6-10-24(25,26)11-7-16/h4-10,19,22,25H,11-18,20-21H2,1-3H3;4-5,14,16,18,30H,6-13,15H2,1-3H3. The number of nitrogens with zero attached hydrogens (tertiary/aromatic N) is 6. The summed E-state index contributed by atoms with van der Waals surface area (Å²) in [5.74, 6) is -2.79. The summed E-state index contributed by atoms with van der Waals surface area (Å²) >= 11 is 0. The first kappa shape index (κ1) is 50.6. The van der Waals surface area contributed by atoms with Crippen LogP contribution in [0.4, 0.5) is 17.6 Å². The van der Waals surface area contributed by atoms with Crippen molar-refractivity contribution in [2.45, 2.75) is 173 Å². The number of amides is 2. The molecule has 3 aromatic carbocycles. The maximum Gasteiger partial charge on any atom is 0.253 e. The van der Waals surface area contributed by atoms with E-state index < -0.39 is 11.8 Å². The Balaban J connectivity index is 0.000000190. The van der Waals surface area contributed by atoms with E-state index in [0.717, 1.165) is 52.1 Å². The maximum absolute atomic E-state index is 13.7. The molecular formula is C55H72F4N6O4. The van der Waals surface area contributed by atoms with Crippen LogP contribution in [0.25, 0.3) is 22.1 Å². The molecular weight excluding hydrogens is 885 g/mol. The van der Waals surface area contributed by atoms with Crippen molar-refractivity contribution >= 4 is 33.9 Å². The average Bonchev–Trinajstić information content (AvgIpc) is 3.88. The molecule has 0 radical (unpaired) electrons. The Labute approximate surface area is 404 Å². The Morgan fingerprint density at radius 2 is 1.01 bits per heavy atom. The number of ether oxygens (including phenoxy) is 1. The first-order chi connectivity index (χ1) is 32.6. The zero-order valence-corrected chi connectivity index (χ0v) is 41.5.